The van der Waals surface area contributed by atoms with Crippen LogP contribution in [0, 0.1) is 0 Å². The highest BCUT2D eigenvalue weighted by molar-refractivity contribution is 4.66. The molecule has 1 heteroatoms. The van der Waals surface area contributed by atoms with E-state index in [0.717, 1.165) is 0 Å². The molecule has 0 aromatic heterocycles. The molecule has 0 bridgehead atoms. The lowest BCUT2D eigenvalue weighted by atomic mass is 10.1. The van der Waals surface area contributed by atoms with Gasteiger partial charge in [0.2, 0.25) is 0 Å². The van der Waals surface area contributed by atoms with Crippen molar-refractivity contribution < 1.29 is 0 Å². The Morgan fingerprint density at radius 1 is 1.21 bits per heavy atom. The van der Waals surface area contributed by atoms with E-state index in [9.17, 15) is 0 Å². The van der Waals surface area contributed by atoms with Crippen LogP contribution in [0.3, 0.4) is 0 Å². The highest BCUT2D eigenvalue weighted by Gasteiger charge is 1.98. The highest BCUT2D eigenvalue weighted by atomic mass is 14.9. The first-order chi connectivity index (χ1) is 6.81. The minimum Gasteiger partial charge on any atom is -0.314 e. The van der Waals surface area contributed by atoms with Gasteiger partial charge in [-0.15, -0.1) is 6.58 Å². The maximum atomic E-state index is 3.72. The maximum absolute atomic E-state index is 3.72. The molecular formula is C13H27N. The molecule has 14 heavy (non-hydrogen) atoms. The van der Waals surface area contributed by atoms with Crippen LogP contribution >= 0.6 is 0 Å². The number of allylic oxidation sites excluding steroid dienone is 1. The molecule has 0 fully saturated rings. The fourth-order valence-corrected chi connectivity index (χ4v) is 1.55. The zero-order valence-electron chi connectivity index (χ0n) is 10.0. The molecule has 0 aliphatic carbocycles. The number of hydrogen-bond acceptors (Lipinski definition) is 1. The van der Waals surface area contributed by atoms with Crippen molar-refractivity contribution in [1.82, 2.24) is 5.32 Å². The Hall–Kier alpha value is -0.300. The Balaban J connectivity index is 3.06. The first-order valence-electron chi connectivity index (χ1n) is 6.15. The molecule has 0 aromatic rings. The Morgan fingerprint density at radius 2 is 2.00 bits per heavy atom. The van der Waals surface area contributed by atoms with E-state index in [2.05, 4.69) is 25.7 Å². The molecule has 0 aromatic carbocycles. The number of unbranched alkanes of at least 4 members (excludes halogenated alkanes) is 4. The zero-order chi connectivity index (χ0) is 10.6. The summed E-state index contributed by atoms with van der Waals surface area (Å²) < 4.78 is 0. The molecule has 0 aliphatic heterocycles. The fourth-order valence-electron chi connectivity index (χ4n) is 1.55. The maximum Gasteiger partial charge on any atom is 0.00387 e. The summed E-state index contributed by atoms with van der Waals surface area (Å²) in [5.74, 6) is 0. The molecule has 1 N–H and O–H groups in total. The van der Waals surface area contributed by atoms with Crippen LogP contribution in [0.5, 0.6) is 0 Å². The highest BCUT2D eigenvalue weighted by Crippen LogP contribution is 2.01. The largest absolute Gasteiger partial charge is 0.314 e. The average Bonchev–Trinajstić information content (AvgIpc) is 2.20. The van der Waals surface area contributed by atoms with Crippen molar-refractivity contribution in [1.29, 1.82) is 0 Å². The van der Waals surface area contributed by atoms with Crippen LogP contribution in [-0.4, -0.2) is 12.6 Å². The van der Waals surface area contributed by atoms with E-state index in [0.29, 0.717) is 6.04 Å². The van der Waals surface area contributed by atoms with Crippen LogP contribution in [0.25, 0.3) is 0 Å². The van der Waals surface area contributed by atoms with E-state index >= 15 is 0 Å². The standard InChI is InChI=1S/C13H27N/c1-4-6-8-9-10-12-14-13(3)11-7-5-2/h4,13-14H,1,5-12H2,2-3H3/t13-/m1/s1. The molecule has 0 heterocycles. The fraction of sp³-hybridized carbons (Fsp3) is 0.846. The van der Waals surface area contributed by atoms with Gasteiger partial charge in [0.05, 0.1) is 0 Å². The molecule has 0 saturated heterocycles. The first kappa shape index (κ1) is 13.7. The van der Waals surface area contributed by atoms with Gasteiger partial charge in [-0.25, -0.2) is 0 Å². The topological polar surface area (TPSA) is 12.0 Å². The molecule has 0 saturated carbocycles. The van der Waals surface area contributed by atoms with Crippen LogP contribution in [0.15, 0.2) is 12.7 Å². The summed E-state index contributed by atoms with van der Waals surface area (Å²) >= 11 is 0. The van der Waals surface area contributed by atoms with Crippen LogP contribution in [-0.2, 0) is 0 Å². The molecule has 84 valence electrons. The van der Waals surface area contributed by atoms with Crippen molar-refractivity contribution in [3.63, 3.8) is 0 Å². The Morgan fingerprint density at radius 3 is 2.64 bits per heavy atom. The summed E-state index contributed by atoms with van der Waals surface area (Å²) in [6.07, 6.45) is 11.1. The van der Waals surface area contributed by atoms with Crippen LogP contribution < -0.4 is 5.32 Å². The Kier molecular flexibility index (Phi) is 10.5. The second kappa shape index (κ2) is 10.8. The summed E-state index contributed by atoms with van der Waals surface area (Å²) in [6.45, 7) is 9.45. The van der Waals surface area contributed by atoms with Crippen molar-refractivity contribution in [3.8, 4) is 0 Å². The van der Waals surface area contributed by atoms with Crippen molar-refractivity contribution in [2.24, 2.45) is 0 Å². The number of nitrogens with one attached hydrogen (secondary N) is 1. The van der Waals surface area contributed by atoms with Crippen LogP contribution in [0.2, 0.25) is 0 Å². The Bertz CT molecular complexity index is 120. The van der Waals surface area contributed by atoms with E-state index in [1.807, 2.05) is 6.08 Å². The smallest absolute Gasteiger partial charge is 0.00387 e. The summed E-state index contributed by atoms with van der Waals surface area (Å²) in [6, 6.07) is 0.703. The minimum absolute atomic E-state index is 0.703. The van der Waals surface area contributed by atoms with Gasteiger partial charge in [-0.1, -0.05) is 32.3 Å². The molecule has 0 spiro atoms. The van der Waals surface area contributed by atoms with Gasteiger partial charge in [0, 0.05) is 6.04 Å². The van der Waals surface area contributed by atoms with Gasteiger partial charge in [-0.2, -0.15) is 0 Å². The summed E-state index contributed by atoms with van der Waals surface area (Å²) in [5.41, 5.74) is 0. The lowest BCUT2D eigenvalue weighted by Gasteiger charge is -2.12. The van der Waals surface area contributed by atoms with Gasteiger partial charge < -0.3 is 5.32 Å². The minimum atomic E-state index is 0.703. The van der Waals surface area contributed by atoms with Crippen molar-refractivity contribution in [3.05, 3.63) is 12.7 Å². The summed E-state index contributed by atoms with van der Waals surface area (Å²) in [7, 11) is 0. The lowest BCUT2D eigenvalue weighted by Crippen LogP contribution is -2.26. The number of rotatable bonds is 10. The first-order valence-corrected chi connectivity index (χ1v) is 6.15. The number of hydrogen-bond donors (Lipinski definition) is 1. The monoisotopic (exact) mass is 197 g/mol. The predicted molar refractivity (Wildman–Crippen MR) is 65.7 cm³/mol. The summed E-state index contributed by atoms with van der Waals surface area (Å²) in [4.78, 5) is 0. The normalized spacial score (nSPS) is 12.7. The van der Waals surface area contributed by atoms with Gasteiger partial charge in [0.1, 0.15) is 0 Å². The van der Waals surface area contributed by atoms with Crippen molar-refractivity contribution in [2.75, 3.05) is 6.54 Å². The van der Waals surface area contributed by atoms with Gasteiger partial charge >= 0.3 is 0 Å². The molecule has 1 nitrogen and oxygen atoms in total. The van der Waals surface area contributed by atoms with E-state index in [4.69, 9.17) is 0 Å². The van der Waals surface area contributed by atoms with E-state index in [1.165, 1.54) is 51.5 Å². The third kappa shape index (κ3) is 9.79. The van der Waals surface area contributed by atoms with Gasteiger partial charge in [0.25, 0.3) is 0 Å². The molecule has 0 aliphatic rings. The van der Waals surface area contributed by atoms with Gasteiger partial charge in [-0.3, -0.25) is 0 Å². The van der Waals surface area contributed by atoms with E-state index < -0.39 is 0 Å². The van der Waals surface area contributed by atoms with E-state index in [1.54, 1.807) is 0 Å². The molecule has 0 radical (unpaired) electrons. The van der Waals surface area contributed by atoms with Crippen LogP contribution in [0.4, 0.5) is 0 Å². The second-order valence-corrected chi connectivity index (χ2v) is 4.14. The lowest BCUT2D eigenvalue weighted by molar-refractivity contribution is 0.481. The quantitative estimate of drug-likeness (QED) is 0.414. The second-order valence-electron chi connectivity index (χ2n) is 4.14. The molecule has 0 unspecified atom stereocenters. The molecule has 0 rings (SSSR count). The zero-order valence-corrected chi connectivity index (χ0v) is 10.0. The third-order valence-electron chi connectivity index (χ3n) is 2.57. The van der Waals surface area contributed by atoms with Crippen molar-refractivity contribution >= 4 is 0 Å². The Labute approximate surface area is 90.0 Å². The van der Waals surface area contributed by atoms with Crippen LogP contribution in [0.1, 0.15) is 58.8 Å². The van der Waals surface area contributed by atoms with Gasteiger partial charge in [0.15, 0.2) is 0 Å². The third-order valence-corrected chi connectivity index (χ3v) is 2.57. The van der Waals surface area contributed by atoms with E-state index in [-0.39, 0.29) is 0 Å². The van der Waals surface area contributed by atoms with Crippen molar-refractivity contribution in [2.45, 2.75) is 64.8 Å². The molecule has 0 amide bonds. The molecule has 1 atom stereocenters. The predicted octanol–water partition coefficient (Wildman–Crippen LogP) is 3.90. The van der Waals surface area contributed by atoms with Gasteiger partial charge in [-0.05, 0) is 39.2 Å². The molecular weight excluding hydrogens is 170 g/mol. The average molecular weight is 197 g/mol. The SMILES string of the molecule is C=CCCCCCN[C@H](C)CCCC. The summed E-state index contributed by atoms with van der Waals surface area (Å²) in [5, 5.41) is 3.57.